The largest absolute Gasteiger partial charge is 0.480 e. The van der Waals surface area contributed by atoms with Crippen LogP contribution < -0.4 is 10.6 Å². The van der Waals surface area contributed by atoms with Crippen molar-refractivity contribution in [2.24, 2.45) is 0 Å². The van der Waals surface area contributed by atoms with Crippen LogP contribution in [0, 0.1) is 0 Å². The molecule has 2 atom stereocenters. The number of benzene rings is 2. The van der Waals surface area contributed by atoms with E-state index >= 15 is 0 Å². The molecule has 0 heterocycles. The molecule has 180 valence electrons. The molecule has 1 aliphatic rings. The quantitative estimate of drug-likeness (QED) is 0.457. The van der Waals surface area contributed by atoms with E-state index < -0.39 is 42.4 Å². The Balaban J connectivity index is 1.63. The number of nitrogens with one attached hydrogen (secondary N) is 2. The van der Waals surface area contributed by atoms with Crippen LogP contribution in [-0.4, -0.2) is 54.8 Å². The van der Waals surface area contributed by atoms with E-state index in [-0.39, 0.29) is 18.9 Å². The highest BCUT2D eigenvalue weighted by Crippen LogP contribution is 2.44. The first-order valence-electron chi connectivity index (χ1n) is 11.1. The third-order valence-corrected chi connectivity index (χ3v) is 5.74. The normalized spacial score (nSPS) is 13.7. The summed E-state index contributed by atoms with van der Waals surface area (Å²) < 4.78 is 9.95. The lowest BCUT2D eigenvalue weighted by Crippen LogP contribution is -2.52. The summed E-state index contributed by atoms with van der Waals surface area (Å²) in [5.74, 6) is -3.00. The van der Waals surface area contributed by atoms with E-state index in [4.69, 9.17) is 4.74 Å². The van der Waals surface area contributed by atoms with Crippen molar-refractivity contribution in [1.82, 2.24) is 10.6 Å². The smallest absolute Gasteiger partial charge is 0.407 e. The SMILES string of the molecule is CCC[C@H](NC(=O)OCC1c2ccccc2-c2ccccc21)C(=O)N[C@@H](CC(=O)OC)C(=O)O. The van der Waals surface area contributed by atoms with Gasteiger partial charge in [0, 0.05) is 5.92 Å². The van der Waals surface area contributed by atoms with E-state index in [1.165, 1.54) is 0 Å². The monoisotopic (exact) mass is 468 g/mol. The van der Waals surface area contributed by atoms with Gasteiger partial charge in [-0.25, -0.2) is 9.59 Å². The number of carboxylic acid groups (broad SMARTS) is 1. The van der Waals surface area contributed by atoms with Gasteiger partial charge in [0.1, 0.15) is 18.7 Å². The second kappa shape index (κ2) is 11.3. The Morgan fingerprint density at radius 3 is 2.06 bits per heavy atom. The van der Waals surface area contributed by atoms with Gasteiger partial charge in [-0.15, -0.1) is 0 Å². The third-order valence-electron chi connectivity index (χ3n) is 5.74. The Bertz CT molecular complexity index is 1020. The summed E-state index contributed by atoms with van der Waals surface area (Å²) in [6, 6.07) is 13.4. The molecule has 0 fully saturated rings. The first-order valence-corrected chi connectivity index (χ1v) is 11.1. The summed E-state index contributed by atoms with van der Waals surface area (Å²) in [7, 11) is 1.13. The fourth-order valence-electron chi connectivity index (χ4n) is 4.06. The maximum Gasteiger partial charge on any atom is 0.407 e. The van der Waals surface area contributed by atoms with Crippen molar-refractivity contribution in [2.45, 2.75) is 44.2 Å². The fraction of sp³-hybridized carbons (Fsp3) is 0.360. The van der Waals surface area contributed by atoms with Crippen molar-refractivity contribution in [2.75, 3.05) is 13.7 Å². The maximum atomic E-state index is 12.6. The Morgan fingerprint density at radius 1 is 0.941 bits per heavy atom. The minimum Gasteiger partial charge on any atom is -0.480 e. The molecular formula is C25H28N2O7. The number of esters is 1. The predicted octanol–water partition coefficient (Wildman–Crippen LogP) is 2.83. The Morgan fingerprint density at radius 2 is 1.53 bits per heavy atom. The van der Waals surface area contributed by atoms with Crippen LogP contribution in [0.3, 0.4) is 0 Å². The summed E-state index contributed by atoms with van der Waals surface area (Å²) in [5.41, 5.74) is 4.32. The molecule has 0 bridgehead atoms. The highest BCUT2D eigenvalue weighted by Gasteiger charge is 2.31. The second-order valence-electron chi connectivity index (χ2n) is 7.99. The Hall–Kier alpha value is -3.88. The van der Waals surface area contributed by atoms with Crippen LogP contribution in [0.5, 0.6) is 0 Å². The number of carbonyl (C=O) groups excluding carboxylic acids is 3. The van der Waals surface area contributed by atoms with Gasteiger partial charge in [-0.1, -0.05) is 61.9 Å². The minimum atomic E-state index is -1.47. The molecule has 3 N–H and O–H groups in total. The van der Waals surface area contributed by atoms with Gasteiger partial charge >= 0.3 is 18.0 Å². The Kier molecular flexibility index (Phi) is 8.24. The van der Waals surface area contributed by atoms with Gasteiger partial charge in [0.15, 0.2) is 0 Å². The van der Waals surface area contributed by atoms with Crippen molar-refractivity contribution in [3.05, 3.63) is 59.7 Å². The lowest BCUT2D eigenvalue weighted by atomic mass is 9.98. The van der Waals surface area contributed by atoms with Gasteiger partial charge in [-0.2, -0.15) is 0 Å². The lowest BCUT2D eigenvalue weighted by Gasteiger charge is -2.21. The number of amides is 2. The standard InChI is InChI=1S/C25H28N2O7/c1-3-8-20(23(29)26-21(24(30)31)13-22(28)33-2)27-25(32)34-14-19-17-11-6-4-9-15(17)16-10-5-7-12-18(16)19/h4-7,9-12,19-21H,3,8,13-14H2,1-2H3,(H,26,29)(H,27,32)(H,30,31)/t20-,21-/m0/s1. The molecular weight excluding hydrogens is 440 g/mol. The van der Waals surface area contributed by atoms with E-state index in [1.54, 1.807) is 0 Å². The summed E-state index contributed by atoms with van der Waals surface area (Å²) >= 11 is 0. The number of alkyl carbamates (subject to hydrolysis) is 1. The molecule has 1 aliphatic carbocycles. The number of carbonyl (C=O) groups is 4. The number of rotatable bonds is 10. The van der Waals surface area contributed by atoms with E-state index in [0.717, 1.165) is 29.4 Å². The van der Waals surface area contributed by atoms with Crippen LogP contribution in [0.15, 0.2) is 48.5 Å². The average Bonchev–Trinajstić information content (AvgIpc) is 3.15. The molecule has 2 aromatic rings. The zero-order chi connectivity index (χ0) is 24.7. The van der Waals surface area contributed by atoms with E-state index in [0.29, 0.717) is 6.42 Å². The van der Waals surface area contributed by atoms with Crippen LogP contribution in [0.2, 0.25) is 0 Å². The molecule has 9 heteroatoms. The molecule has 9 nitrogen and oxygen atoms in total. The van der Waals surface area contributed by atoms with E-state index in [2.05, 4.69) is 15.4 Å². The average molecular weight is 469 g/mol. The number of aliphatic carboxylic acids is 1. The van der Waals surface area contributed by atoms with E-state index in [9.17, 15) is 24.3 Å². The van der Waals surface area contributed by atoms with Gasteiger partial charge in [0.25, 0.3) is 0 Å². The van der Waals surface area contributed by atoms with Crippen molar-refractivity contribution in [3.63, 3.8) is 0 Å². The van der Waals surface area contributed by atoms with Gasteiger partial charge in [0.2, 0.25) is 5.91 Å². The molecule has 0 unspecified atom stereocenters. The highest BCUT2D eigenvalue weighted by atomic mass is 16.5. The van der Waals surface area contributed by atoms with Crippen LogP contribution in [0.4, 0.5) is 4.79 Å². The topological polar surface area (TPSA) is 131 Å². The van der Waals surface area contributed by atoms with Crippen LogP contribution in [0.1, 0.15) is 43.2 Å². The zero-order valence-electron chi connectivity index (χ0n) is 19.1. The number of ether oxygens (including phenoxy) is 2. The van der Waals surface area contributed by atoms with Crippen LogP contribution in [-0.2, 0) is 23.9 Å². The van der Waals surface area contributed by atoms with Gasteiger partial charge in [-0.05, 0) is 28.7 Å². The molecule has 34 heavy (non-hydrogen) atoms. The van der Waals surface area contributed by atoms with Crippen molar-refractivity contribution < 1.29 is 33.8 Å². The van der Waals surface area contributed by atoms with Gasteiger partial charge in [0.05, 0.1) is 13.5 Å². The Labute approximate surface area is 197 Å². The second-order valence-corrected chi connectivity index (χ2v) is 7.99. The first-order chi connectivity index (χ1) is 16.3. The third kappa shape index (κ3) is 5.72. The zero-order valence-corrected chi connectivity index (χ0v) is 19.1. The number of hydrogen-bond donors (Lipinski definition) is 3. The fourth-order valence-corrected chi connectivity index (χ4v) is 4.06. The lowest BCUT2D eigenvalue weighted by molar-refractivity contribution is -0.149. The maximum absolute atomic E-state index is 12.6. The molecule has 0 spiro atoms. The molecule has 0 radical (unpaired) electrons. The number of methoxy groups -OCH3 is 1. The van der Waals surface area contributed by atoms with Crippen molar-refractivity contribution in [3.8, 4) is 11.1 Å². The van der Waals surface area contributed by atoms with E-state index in [1.807, 2.05) is 55.5 Å². The van der Waals surface area contributed by atoms with Gasteiger partial charge < -0.3 is 25.2 Å². The van der Waals surface area contributed by atoms with Crippen LogP contribution in [0.25, 0.3) is 11.1 Å². The highest BCUT2D eigenvalue weighted by molar-refractivity contribution is 5.91. The molecule has 2 aromatic carbocycles. The molecule has 0 saturated carbocycles. The summed E-state index contributed by atoms with van der Waals surface area (Å²) in [6.07, 6.45) is -0.492. The number of hydrogen-bond acceptors (Lipinski definition) is 6. The number of carboxylic acids is 1. The summed E-state index contributed by atoms with van der Waals surface area (Å²) in [5, 5.41) is 14.1. The summed E-state index contributed by atoms with van der Waals surface area (Å²) in [4.78, 5) is 48.0. The molecule has 3 rings (SSSR count). The van der Waals surface area contributed by atoms with Gasteiger partial charge in [-0.3, -0.25) is 9.59 Å². The number of fused-ring (bicyclic) bond motifs is 3. The summed E-state index contributed by atoms with van der Waals surface area (Å²) in [6.45, 7) is 1.91. The van der Waals surface area contributed by atoms with Crippen LogP contribution >= 0.6 is 0 Å². The first kappa shape index (κ1) is 24.8. The molecule has 0 saturated heterocycles. The molecule has 0 aromatic heterocycles. The predicted molar refractivity (Wildman–Crippen MR) is 123 cm³/mol. The molecule has 2 amide bonds. The van der Waals surface area contributed by atoms with Crippen molar-refractivity contribution in [1.29, 1.82) is 0 Å². The molecule has 0 aliphatic heterocycles. The minimum absolute atomic E-state index is 0.0837. The van der Waals surface area contributed by atoms with Crippen molar-refractivity contribution >= 4 is 23.9 Å².